The number of hydrogen-bond acceptors (Lipinski definition) is 4. The van der Waals surface area contributed by atoms with Crippen molar-refractivity contribution in [2.75, 3.05) is 13.7 Å². The van der Waals surface area contributed by atoms with Crippen LogP contribution in [0.5, 0.6) is 5.88 Å². The topological polar surface area (TPSA) is 34.1 Å². The minimum atomic E-state index is 0. The van der Waals surface area contributed by atoms with Crippen LogP contribution >= 0.6 is 23.9 Å². The van der Waals surface area contributed by atoms with Gasteiger partial charge in [0.2, 0.25) is 5.88 Å². The van der Waals surface area contributed by atoms with Crippen LogP contribution in [0.3, 0.4) is 0 Å². The fourth-order valence-corrected chi connectivity index (χ4v) is 2.11. The van der Waals surface area contributed by atoms with E-state index in [1.165, 1.54) is 10.4 Å². The van der Waals surface area contributed by atoms with E-state index in [0.717, 1.165) is 25.4 Å². The largest absolute Gasteiger partial charge is 0.480 e. The Morgan fingerprint density at radius 1 is 1.58 bits per heavy atom. The maximum atomic E-state index is 5.11. The Morgan fingerprint density at radius 2 is 2.42 bits per heavy atom. The molecule has 0 spiro atoms. The van der Waals surface area contributed by atoms with Gasteiger partial charge in [0.15, 0.2) is 0 Å². The highest BCUT2D eigenvalue weighted by atomic mass is 35.5. The third kappa shape index (κ3) is 1.55. The first-order chi connectivity index (χ1) is 5.42. The van der Waals surface area contributed by atoms with E-state index in [-0.39, 0.29) is 12.4 Å². The summed E-state index contributed by atoms with van der Waals surface area (Å²) in [6, 6.07) is 0. The molecule has 5 heteroatoms. The van der Waals surface area contributed by atoms with Crippen molar-refractivity contribution in [2.24, 2.45) is 0 Å². The molecule has 12 heavy (non-hydrogen) atoms. The average molecular weight is 207 g/mol. The summed E-state index contributed by atoms with van der Waals surface area (Å²) in [6.07, 6.45) is 1.09. The Labute approximate surface area is 81.7 Å². The first-order valence-electron chi connectivity index (χ1n) is 3.64. The molecular weight excluding hydrogens is 196 g/mol. The van der Waals surface area contributed by atoms with Crippen molar-refractivity contribution in [3.63, 3.8) is 0 Å². The summed E-state index contributed by atoms with van der Waals surface area (Å²) in [4.78, 5) is 1.38. The maximum absolute atomic E-state index is 5.11. The molecule has 0 fully saturated rings. The van der Waals surface area contributed by atoms with Crippen LogP contribution in [-0.4, -0.2) is 18.0 Å². The third-order valence-corrected chi connectivity index (χ3v) is 2.79. The molecule has 0 radical (unpaired) electrons. The molecule has 0 unspecified atom stereocenters. The first-order valence-corrected chi connectivity index (χ1v) is 4.41. The van der Waals surface area contributed by atoms with Gasteiger partial charge >= 0.3 is 0 Å². The van der Waals surface area contributed by atoms with Crippen molar-refractivity contribution >= 4 is 23.9 Å². The van der Waals surface area contributed by atoms with Crippen LogP contribution in [0.1, 0.15) is 10.4 Å². The minimum absolute atomic E-state index is 0. The second-order valence-electron chi connectivity index (χ2n) is 2.52. The summed E-state index contributed by atoms with van der Waals surface area (Å²) >= 11 is 1.56. The average Bonchev–Trinajstić information content (AvgIpc) is 2.47. The molecule has 0 amide bonds. The van der Waals surface area contributed by atoms with Crippen LogP contribution in [0, 0.1) is 0 Å². The lowest BCUT2D eigenvalue weighted by Gasteiger charge is -2.11. The molecule has 1 N–H and O–H groups in total. The van der Waals surface area contributed by atoms with Crippen molar-refractivity contribution in [2.45, 2.75) is 13.0 Å². The lowest BCUT2D eigenvalue weighted by molar-refractivity contribution is 0.394. The Kier molecular flexibility index (Phi) is 3.31. The van der Waals surface area contributed by atoms with E-state index < -0.39 is 0 Å². The monoisotopic (exact) mass is 206 g/mol. The molecule has 1 aliphatic rings. The molecule has 3 nitrogen and oxygen atoms in total. The van der Waals surface area contributed by atoms with Crippen LogP contribution in [0.4, 0.5) is 0 Å². The van der Waals surface area contributed by atoms with Gasteiger partial charge < -0.3 is 10.1 Å². The van der Waals surface area contributed by atoms with Crippen LogP contribution in [-0.2, 0) is 13.0 Å². The second kappa shape index (κ2) is 4.07. The number of ether oxygens (including phenoxy) is 1. The molecule has 0 aliphatic carbocycles. The summed E-state index contributed by atoms with van der Waals surface area (Å²) < 4.78 is 9.31. The molecule has 1 aromatic rings. The second-order valence-corrected chi connectivity index (χ2v) is 3.38. The maximum Gasteiger partial charge on any atom is 0.229 e. The molecule has 0 aromatic carbocycles. The van der Waals surface area contributed by atoms with E-state index in [1.807, 2.05) is 0 Å². The fourth-order valence-electron chi connectivity index (χ4n) is 1.27. The van der Waals surface area contributed by atoms with Gasteiger partial charge in [0.05, 0.1) is 7.11 Å². The van der Waals surface area contributed by atoms with E-state index in [4.69, 9.17) is 4.74 Å². The van der Waals surface area contributed by atoms with Crippen molar-refractivity contribution < 1.29 is 4.74 Å². The Bertz CT molecular complexity index is 250. The summed E-state index contributed by atoms with van der Waals surface area (Å²) in [5, 5.41) is 3.29. The van der Waals surface area contributed by atoms with Gasteiger partial charge in [0.25, 0.3) is 0 Å². The predicted octanol–water partition coefficient (Wildman–Crippen LogP) is 1.22. The molecule has 2 heterocycles. The number of rotatable bonds is 1. The smallest absolute Gasteiger partial charge is 0.229 e. The fraction of sp³-hybridized carbons (Fsp3) is 0.571. The molecule has 1 aromatic heterocycles. The van der Waals surface area contributed by atoms with E-state index >= 15 is 0 Å². The zero-order chi connectivity index (χ0) is 7.68. The van der Waals surface area contributed by atoms with Crippen LogP contribution in [0.15, 0.2) is 0 Å². The number of hydrogen-bond donors (Lipinski definition) is 1. The number of aromatic nitrogens is 1. The van der Waals surface area contributed by atoms with Gasteiger partial charge in [-0.15, -0.1) is 12.4 Å². The van der Waals surface area contributed by atoms with Gasteiger partial charge in [-0.1, -0.05) is 0 Å². The van der Waals surface area contributed by atoms with Crippen LogP contribution in [0.25, 0.3) is 0 Å². The molecule has 0 atom stereocenters. The van der Waals surface area contributed by atoms with E-state index in [0.29, 0.717) is 0 Å². The molecular formula is C7H11ClN2OS. The molecule has 2 rings (SSSR count). The number of nitrogens with zero attached hydrogens (tertiary/aromatic N) is 1. The first kappa shape index (κ1) is 9.77. The normalized spacial score (nSPS) is 14.8. The SMILES string of the molecule is COc1nsc2c1CNCC2.Cl. The molecule has 0 saturated carbocycles. The quantitative estimate of drug-likeness (QED) is 0.751. The standard InChI is InChI=1S/C7H10N2OS.ClH/c1-10-7-5-4-8-3-2-6(5)11-9-7;/h8H,2-4H2,1H3;1H. The summed E-state index contributed by atoms with van der Waals surface area (Å²) in [6.45, 7) is 1.98. The van der Waals surface area contributed by atoms with Gasteiger partial charge in [-0.3, -0.25) is 0 Å². The van der Waals surface area contributed by atoms with Crippen molar-refractivity contribution in [1.82, 2.24) is 9.69 Å². The molecule has 1 aliphatic heterocycles. The summed E-state index contributed by atoms with van der Waals surface area (Å²) in [7, 11) is 1.67. The van der Waals surface area contributed by atoms with Gasteiger partial charge in [0, 0.05) is 23.5 Å². The van der Waals surface area contributed by atoms with E-state index in [1.54, 1.807) is 18.6 Å². The highest BCUT2D eigenvalue weighted by Crippen LogP contribution is 2.27. The molecule has 0 saturated heterocycles. The Hall–Kier alpha value is -0.320. The van der Waals surface area contributed by atoms with Gasteiger partial charge in [0.1, 0.15) is 0 Å². The van der Waals surface area contributed by atoms with E-state index in [9.17, 15) is 0 Å². The van der Waals surface area contributed by atoms with Crippen LogP contribution in [0.2, 0.25) is 0 Å². The third-order valence-electron chi connectivity index (χ3n) is 1.86. The zero-order valence-corrected chi connectivity index (χ0v) is 8.43. The highest BCUT2D eigenvalue weighted by Gasteiger charge is 2.16. The highest BCUT2D eigenvalue weighted by molar-refractivity contribution is 7.06. The van der Waals surface area contributed by atoms with Crippen LogP contribution < -0.4 is 10.1 Å². The summed E-state index contributed by atoms with van der Waals surface area (Å²) in [5.74, 6) is 0.803. The lowest BCUT2D eigenvalue weighted by Crippen LogP contribution is -2.22. The number of nitrogens with one attached hydrogen (secondary N) is 1. The van der Waals surface area contributed by atoms with Crippen molar-refractivity contribution in [1.29, 1.82) is 0 Å². The number of methoxy groups -OCH3 is 1. The van der Waals surface area contributed by atoms with Gasteiger partial charge in [-0.25, -0.2) is 0 Å². The van der Waals surface area contributed by atoms with E-state index in [2.05, 4.69) is 9.69 Å². The summed E-state index contributed by atoms with van der Waals surface area (Å²) in [5.41, 5.74) is 1.25. The van der Waals surface area contributed by atoms with Crippen molar-refractivity contribution in [3.05, 3.63) is 10.4 Å². The number of fused-ring (bicyclic) bond motifs is 1. The van der Waals surface area contributed by atoms with Crippen molar-refractivity contribution in [3.8, 4) is 5.88 Å². The number of halogens is 1. The van der Waals surface area contributed by atoms with Gasteiger partial charge in [-0.2, -0.15) is 4.37 Å². The van der Waals surface area contributed by atoms with Gasteiger partial charge in [-0.05, 0) is 18.0 Å². The zero-order valence-electron chi connectivity index (χ0n) is 6.79. The lowest BCUT2D eigenvalue weighted by atomic mass is 10.1. The molecule has 0 bridgehead atoms. The molecule has 68 valence electrons. The Balaban J connectivity index is 0.000000720. The Morgan fingerprint density at radius 3 is 3.17 bits per heavy atom. The predicted molar refractivity (Wildman–Crippen MR) is 51.3 cm³/mol. The minimum Gasteiger partial charge on any atom is -0.480 e.